The quantitative estimate of drug-likeness (QED) is 0.356. The number of ether oxygens (including phenoxy) is 1. The van der Waals surface area contributed by atoms with Crippen LogP contribution in [0.1, 0.15) is 41.6 Å². The first kappa shape index (κ1) is 24.6. The Morgan fingerprint density at radius 1 is 1.18 bits per heavy atom. The van der Waals surface area contributed by atoms with Crippen LogP contribution in [-0.4, -0.2) is 41.0 Å². The lowest BCUT2D eigenvalue weighted by atomic mass is 9.84. The number of fused-ring (bicyclic) bond motifs is 1. The third-order valence-electron chi connectivity index (χ3n) is 6.20. The van der Waals surface area contributed by atoms with E-state index in [1.165, 1.54) is 25.5 Å². The largest absolute Gasteiger partial charge is 0.494 e. The van der Waals surface area contributed by atoms with Gasteiger partial charge < -0.3 is 15.2 Å². The molecule has 0 bridgehead atoms. The number of aliphatic hydroxyl groups is 1. The molecule has 182 valence electrons. The Kier molecular flexibility index (Phi) is 6.70. The van der Waals surface area contributed by atoms with Crippen molar-refractivity contribution in [2.45, 2.75) is 43.5 Å². The van der Waals surface area contributed by atoms with Gasteiger partial charge in [-0.25, -0.2) is 4.39 Å². The molecule has 2 unspecified atom stereocenters. The van der Waals surface area contributed by atoms with Gasteiger partial charge in [-0.2, -0.15) is 24.9 Å². The summed E-state index contributed by atoms with van der Waals surface area (Å²) < 4.78 is 63.8. The Balaban J connectivity index is 1.94. The SMILES string of the molecule is COc1ccc(C(Nc2cccc3nc(C)ccc23)C(O)(CSC)C(F)(F)F)c(C2CC2)c1F. The lowest BCUT2D eigenvalue weighted by molar-refractivity contribution is -0.256. The van der Waals surface area contributed by atoms with Gasteiger partial charge in [0.2, 0.25) is 0 Å². The zero-order valence-corrected chi connectivity index (χ0v) is 19.9. The van der Waals surface area contributed by atoms with Crippen LogP contribution in [0.5, 0.6) is 5.75 Å². The molecule has 0 saturated heterocycles. The van der Waals surface area contributed by atoms with Crippen molar-refractivity contribution in [1.29, 1.82) is 0 Å². The molecule has 2 aromatic carbocycles. The standard InChI is InChI=1S/C25H26F4N2O2S/c1-14-7-10-16-18(30-14)5-4-6-19(16)31-23(24(32,13-34-3)25(27,28)29)17-11-12-20(33-2)22(26)21(17)15-8-9-15/h4-7,10-12,15,23,31-32H,8-9,13H2,1-3H3. The van der Waals surface area contributed by atoms with Crippen LogP contribution < -0.4 is 10.1 Å². The van der Waals surface area contributed by atoms with E-state index in [1.54, 1.807) is 30.3 Å². The molecule has 34 heavy (non-hydrogen) atoms. The number of hydrogen-bond acceptors (Lipinski definition) is 5. The van der Waals surface area contributed by atoms with Crippen molar-refractivity contribution < 1.29 is 27.4 Å². The molecular formula is C25H26F4N2O2S. The summed E-state index contributed by atoms with van der Waals surface area (Å²) in [6.07, 6.45) is -2.17. The monoisotopic (exact) mass is 494 g/mol. The fraction of sp³-hybridized carbons (Fsp3) is 0.400. The zero-order chi connectivity index (χ0) is 24.7. The predicted molar refractivity (Wildman–Crippen MR) is 127 cm³/mol. The van der Waals surface area contributed by atoms with Gasteiger partial charge in [-0.15, -0.1) is 0 Å². The van der Waals surface area contributed by atoms with Crippen molar-refractivity contribution in [3.63, 3.8) is 0 Å². The molecule has 0 aliphatic heterocycles. The van der Waals surface area contributed by atoms with Crippen LogP contribution in [0.15, 0.2) is 42.5 Å². The maximum atomic E-state index is 15.4. The smallest absolute Gasteiger partial charge is 0.420 e. The van der Waals surface area contributed by atoms with Crippen LogP contribution in [0, 0.1) is 12.7 Å². The summed E-state index contributed by atoms with van der Waals surface area (Å²) in [5.74, 6) is -1.57. The molecular weight excluding hydrogens is 468 g/mol. The van der Waals surface area contributed by atoms with E-state index in [-0.39, 0.29) is 22.8 Å². The molecule has 1 aliphatic rings. The van der Waals surface area contributed by atoms with Crippen molar-refractivity contribution in [3.05, 3.63) is 65.1 Å². The topological polar surface area (TPSA) is 54.4 Å². The second-order valence-corrected chi connectivity index (χ2v) is 9.48. The molecule has 1 aliphatic carbocycles. The van der Waals surface area contributed by atoms with Crippen LogP contribution >= 0.6 is 11.8 Å². The lowest BCUT2D eigenvalue weighted by Gasteiger charge is -2.39. The number of nitrogens with zero attached hydrogens (tertiary/aromatic N) is 1. The van der Waals surface area contributed by atoms with Gasteiger partial charge in [0, 0.05) is 28.1 Å². The van der Waals surface area contributed by atoms with E-state index in [9.17, 15) is 18.3 Å². The van der Waals surface area contributed by atoms with Gasteiger partial charge in [0.15, 0.2) is 17.2 Å². The van der Waals surface area contributed by atoms with Crippen molar-refractivity contribution in [2.24, 2.45) is 0 Å². The van der Waals surface area contributed by atoms with E-state index >= 15 is 4.39 Å². The van der Waals surface area contributed by atoms with Crippen LogP contribution in [0.4, 0.5) is 23.2 Å². The minimum Gasteiger partial charge on any atom is -0.494 e. The Bertz CT molecular complexity index is 1200. The van der Waals surface area contributed by atoms with Gasteiger partial charge in [0.25, 0.3) is 0 Å². The maximum absolute atomic E-state index is 15.4. The van der Waals surface area contributed by atoms with E-state index in [2.05, 4.69) is 10.3 Å². The normalized spacial score (nSPS) is 16.8. The summed E-state index contributed by atoms with van der Waals surface area (Å²) in [5, 5.41) is 14.8. The molecule has 3 aromatic rings. The number of aryl methyl sites for hydroxylation is 1. The number of anilines is 1. The van der Waals surface area contributed by atoms with Gasteiger partial charge in [-0.3, -0.25) is 4.98 Å². The van der Waals surface area contributed by atoms with Gasteiger partial charge in [0.1, 0.15) is 0 Å². The molecule has 2 atom stereocenters. The molecule has 0 radical (unpaired) electrons. The highest BCUT2D eigenvalue weighted by Crippen LogP contribution is 2.51. The first-order chi connectivity index (χ1) is 16.1. The molecule has 1 aromatic heterocycles. The molecule has 9 heteroatoms. The minimum absolute atomic E-state index is 0.0327. The van der Waals surface area contributed by atoms with Gasteiger partial charge in [-0.1, -0.05) is 12.1 Å². The maximum Gasteiger partial charge on any atom is 0.420 e. The Hall–Kier alpha value is -2.52. The fourth-order valence-corrected chi connectivity index (χ4v) is 5.10. The fourth-order valence-electron chi connectivity index (χ4n) is 4.33. The van der Waals surface area contributed by atoms with E-state index in [4.69, 9.17) is 4.74 Å². The number of methoxy groups -OCH3 is 1. The molecule has 4 rings (SSSR count). The van der Waals surface area contributed by atoms with Gasteiger partial charge >= 0.3 is 6.18 Å². The zero-order valence-electron chi connectivity index (χ0n) is 19.0. The third-order valence-corrected chi connectivity index (χ3v) is 6.93. The number of halogens is 4. The summed E-state index contributed by atoms with van der Waals surface area (Å²) >= 11 is 0.876. The molecule has 2 N–H and O–H groups in total. The van der Waals surface area contributed by atoms with Crippen molar-refractivity contribution in [2.75, 3.05) is 24.4 Å². The number of aromatic nitrogens is 1. The molecule has 1 fully saturated rings. The second kappa shape index (κ2) is 9.26. The number of hydrogen-bond donors (Lipinski definition) is 2. The van der Waals surface area contributed by atoms with Crippen LogP contribution in [0.2, 0.25) is 0 Å². The third kappa shape index (κ3) is 4.43. The van der Waals surface area contributed by atoms with E-state index in [0.717, 1.165) is 17.5 Å². The highest BCUT2D eigenvalue weighted by molar-refractivity contribution is 7.98. The van der Waals surface area contributed by atoms with E-state index in [0.29, 0.717) is 29.4 Å². The minimum atomic E-state index is -4.98. The summed E-state index contributed by atoms with van der Waals surface area (Å²) in [6, 6.07) is 9.71. The van der Waals surface area contributed by atoms with Crippen molar-refractivity contribution in [3.8, 4) is 5.75 Å². The first-order valence-electron chi connectivity index (χ1n) is 10.9. The molecule has 4 nitrogen and oxygen atoms in total. The second-order valence-electron chi connectivity index (χ2n) is 8.62. The summed E-state index contributed by atoms with van der Waals surface area (Å²) in [6.45, 7) is 1.82. The number of benzene rings is 2. The summed E-state index contributed by atoms with van der Waals surface area (Å²) in [7, 11) is 1.31. The lowest BCUT2D eigenvalue weighted by Crippen LogP contribution is -2.55. The summed E-state index contributed by atoms with van der Waals surface area (Å²) in [4.78, 5) is 4.45. The Morgan fingerprint density at radius 3 is 2.53 bits per heavy atom. The number of thioether (sulfide) groups is 1. The Morgan fingerprint density at radius 2 is 1.91 bits per heavy atom. The number of alkyl halides is 3. The van der Waals surface area contributed by atoms with Crippen molar-refractivity contribution in [1.82, 2.24) is 4.98 Å². The van der Waals surface area contributed by atoms with Crippen LogP contribution in [-0.2, 0) is 0 Å². The summed E-state index contributed by atoms with van der Waals surface area (Å²) in [5.41, 5.74) is -1.19. The van der Waals surface area contributed by atoms with Crippen LogP contribution in [0.25, 0.3) is 10.9 Å². The number of pyridine rings is 1. The Labute approximate surface area is 199 Å². The molecule has 1 heterocycles. The molecule has 1 saturated carbocycles. The number of nitrogens with one attached hydrogen (secondary N) is 1. The van der Waals surface area contributed by atoms with E-state index in [1.807, 2.05) is 6.92 Å². The highest BCUT2D eigenvalue weighted by atomic mass is 32.2. The molecule has 0 amide bonds. The van der Waals surface area contributed by atoms with Gasteiger partial charge in [-0.05, 0) is 67.8 Å². The average molecular weight is 495 g/mol. The predicted octanol–water partition coefficient (Wildman–Crippen LogP) is 6.38. The van der Waals surface area contributed by atoms with E-state index < -0.39 is 29.4 Å². The average Bonchev–Trinajstić information content (AvgIpc) is 3.61. The number of rotatable bonds is 8. The highest BCUT2D eigenvalue weighted by Gasteiger charge is 2.59. The van der Waals surface area contributed by atoms with Gasteiger partial charge in [0.05, 0.1) is 18.7 Å². The molecule has 0 spiro atoms. The first-order valence-corrected chi connectivity index (χ1v) is 12.3. The van der Waals surface area contributed by atoms with Crippen LogP contribution in [0.3, 0.4) is 0 Å². The van der Waals surface area contributed by atoms with Crippen molar-refractivity contribution >= 4 is 28.4 Å².